The minimum Gasteiger partial charge on any atom is -0.0926 e. The third kappa shape index (κ3) is 1.14. The lowest BCUT2D eigenvalue weighted by molar-refractivity contribution is 0.484. The lowest BCUT2D eigenvalue weighted by atomic mass is 9.70. The van der Waals surface area contributed by atoms with Gasteiger partial charge in [-0.05, 0) is 24.0 Å². The summed E-state index contributed by atoms with van der Waals surface area (Å²) in [4.78, 5) is 0. The quantitative estimate of drug-likeness (QED) is 0.522. The summed E-state index contributed by atoms with van der Waals surface area (Å²) in [5, 5.41) is 0. The van der Waals surface area contributed by atoms with Crippen molar-refractivity contribution in [3.63, 3.8) is 0 Å². The van der Waals surface area contributed by atoms with Crippen LogP contribution >= 0.6 is 23.2 Å². The van der Waals surface area contributed by atoms with E-state index < -0.39 is 0 Å². The topological polar surface area (TPSA) is 0 Å². The van der Waals surface area contributed by atoms with Crippen LogP contribution < -0.4 is 0 Å². The van der Waals surface area contributed by atoms with Crippen molar-refractivity contribution in [1.82, 2.24) is 0 Å². The van der Waals surface area contributed by atoms with Crippen LogP contribution in [0.5, 0.6) is 0 Å². The Hall–Kier alpha value is -0.200. The Balaban J connectivity index is 2.43. The summed E-state index contributed by atoms with van der Waals surface area (Å²) in [6.45, 7) is 0. The average molecular weight is 201 g/mol. The molecule has 0 saturated heterocycles. The van der Waals surface area contributed by atoms with Gasteiger partial charge in [-0.2, -0.15) is 0 Å². The monoisotopic (exact) mass is 200 g/mol. The van der Waals surface area contributed by atoms with Crippen molar-refractivity contribution in [2.24, 2.45) is 11.8 Å². The molecule has 2 atom stereocenters. The van der Waals surface area contributed by atoms with Gasteiger partial charge in [0.05, 0.1) is 0 Å². The van der Waals surface area contributed by atoms with Gasteiger partial charge in [-0.1, -0.05) is 35.4 Å². The van der Waals surface area contributed by atoms with Crippen LogP contribution in [0.3, 0.4) is 0 Å². The van der Waals surface area contributed by atoms with E-state index in [4.69, 9.17) is 23.2 Å². The molecule has 3 aliphatic carbocycles. The summed E-state index contributed by atoms with van der Waals surface area (Å²) in [7, 11) is 0. The number of hydrogen-bond donors (Lipinski definition) is 0. The molecule has 0 aromatic heterocycles. The van der Waals surface area contributed by atoms with Crippen LogP contribution in [0.15, 0.2) is 34.4 Å². The second-order valence-corrected chi connectivity index (χ2v) is 3.74. The SMILES string of the molecule is Cl/C=C1/C(=C/Cl)C2C=CC1CC2. The minimum absolute atomic E-state index is 0.512. The van der Waals surface area contributed by atoms with E-state index in [0.717, 1.165) is 0 Å². The number of allylic oxidation sites excluding steroid dienone is 4. The first-order chi connectivity index (χ1) is 5.86. The van der Waals surface area contributed by atoms with E-state index in [1.165, 1.54) is 24.0 Å². The summed E-state index contributed by atoms with van der Waals surface area (Å²) in [5.74, 6) is 1.02. The minimum atomic E-state index is 0.512. The standard InChI is InChI=1S/C10H10Cl2/c11-5-9-7-1-2-8(4-3-7)10(9)6-12/h1-2,5-8H,3-4H2/b9-5+,10-6+. The van der Waals surface area contributed by atoms with E-state index in [1.54, 1.807) is 11.1 Å². The van der Waals surface area contributed by atoms with Crippen LogP contribution in [-0.4, -0.2) is 0 Å². The van der Waals surface area contributed by atoms with Gasteiger partial charge >= 0.3 is 0 Å². The van der Waals surface area contributed by atoms with Gasteiger partial charge in [0.25, 0.3) is 0 Å². The number of rotatable bonds is 0. The van der Waals surface area contributed by atoms with Crippen molar-refractivity contribution in [1.29, 1.82) is 0 Å². The van der Waals surface area contributed by atoms with Gasteiger partial charge in [-0.3, -0.25) is 0 Å². The zero-order valence-corrected chi connectivity index (χ0v) is 8.15. The highest BCUT2D eigenvalue weighted by Crippen LogP contribution is 2.44. The summed E-state index contributed by atoms with van der Waals surface area (Å²) in [6.07, 6.45) is 6.92. The Morgan fingerprint density at radius 2 is 1.42 bits per heavy atom. The van der Waals surface area contributed by atoms with Crippen molar-refractivity contribution in [2.75, 3.05) is 0 Å². The lowest BCUT2D eigenvalue weighted by Crippen LogP contribution is -2.22. The highest BCUT2D eigenvalue weighted by atomic mass is 35.5. The van der Waals surface area contributed by atoms with Gasteiger partial charge in [-0.15, -0.1) is 0 Å². The fourth-order valence-corrected chi connectivity index (χ4v) is 2.63. The fraction of sp³-hybridized carbons (Fsp3) is 0.400. The maximum atomic E-state index is 5.75. The summed E-state index contributed by atoms with van der Waals surface area (Å²) < 4.78 is 0. The van der Waals surface area contributed by atoms with Crippen LogP contribution in [-0.2, 0) is 0 Å². The van der Waals surface area contributed by atoms with Gasteiger partial charge < -0.3 is 0 Å². The summed E-state index contributed by atoms with van der Waals surface area (Å²) >= 11 is 11.5. The number of fused-ring (bicyclic) bond motifs is 2. The molecule has 3 aliphatic rings. The molecule has 0 spiro atoms. The van der Waals surface area contributed by atoms with Crippen molar-refractivity contribution >= 4 is 23.2 Å². The van der Waals surface area contributed by atoms with Gasteiger partial charge in [0.1, 0.15) is 0 Å². The zero-order valence-electron chi connectivity index (χ0n) is 6.63. The average Bonchev–Trinajstić information content (AvgIpc) is 2.18. The molecular formula is C10H10Cl2. The molecule has 0 aromatic carbocycles. The first kappa shape index (κ1) is 8.40. The van der Waals surface area contributed by atoms with E-state index in [0.29, 0.717) is 11.8 Å². The first-order valence-electron chi connectivity index (χ1n) is 4.16. The van der Waals surface area contributed by atoms with Crippen molar-refractivity contribution in [3.8, 4) is 0 Å². The Morgan fingerprint density at radius 3 is 1.67 bits per heavy atom. The maximum absolute atomic E-state index is 5.75. The molecule has 2 unspecified atom stereocenters. The molecule has 2 bridgehead atoms. The second kappa shape index (κ2) is 3.27. The van der Waals surface area contributed by atoms with Crippen molar-refractivity contribution in [2.45, 2.75) is 12.8 Å². The van der Waals surface area contributed by atoms with Crippen LogP contribution in [0, 0.1) is 11.8 Å². The molecular weight excluding hydrogens is 191 g/mol. The van der Waals surface area contributed by atoms with Gasteiger partial charge in [0.15, 0.2) is 0 Å². The Morgan fingerprint density at radius 1 is 1.00 bits per heavy atom. The van der Waals surface area contributed by atoms with E-state index in [-0.39, 0.29) is 0 Å². The Kier molecular flexibility index (Phi) is 2.29. The molecule has 0 aliphatic heterocycles. The highest BCUT2D eigenvalue weighted by Gasteiger charge is 2.30. The molecule has 64 valence electrons. The fourth-order valence-electron chi connectivity index (χ4n) is 2.05. The molecule has 0 nitrogen and oxygen atoms in total. The second-order valence-electron chi connectivity index (χ2n) is 3.30. The number of halogens is 2. The largest absolute Gasteiger partial charge is 0.0926 e. The van der Waals surface area contributed by atoms with Gasteiger partial charge in [0.2, 0.25) is 0 Å². The zero-order chi connectivity index (χ0) is 8.55. The Labute approximate surface area is 82.5 Å². The van der Waals surface area contributed by atoms with E-state index in [9.17, 15) is 0 Å². The molecule has 3 rings (SSSR count). The molecule has 1 saturated carbocycles. The maximum Gasteiger partial charge on any atom is 0.00838 e. The Bertz CT molecular complexity index is 246. The summed E-state index contributed by atoms with van der Waals surface area (Å²) in [5.41, 5.74) is 5.78. The van der Waals surface area contributed by atoms with Crippen LogP contribution in [0.2, 0.25) is 0 Å². The molecule has 0 amide bonds. The van der Waals surface area contributed by atoms with Crippen molar-refractivity contribution < 1.29 is 0 Å². The summed E-state index contributed by atoms with van der Waals surface area (Å²) in [6, 6.07) is 0. The molecule has 2 heteroatoms. The smallest absolute Gasteiger partial charge is 0.00838 e. The number of hydrogen-bond acceptors (Lipinski definition) is 0. The molecule has 0 radical (unpaired) electrons. The van der Waals surface area contributed by atoms with Crippen LogP contribution in [0.25, 0.3) is 0 Å². The van der Waals surface area contributed by atoms with Crippen LogP contribution in [0.1, 0.15) is 12.8 Å². The van der Waals surface area contributed by atoms with E-state index in [2.05, 4.69) is 12.2 Å². The molecule has 0 heterocycles. The third-order valence-electron chi connectivity index (χ3n) is 2.73. The van der Waals surface area contributed by atoms with E-state index in [1.807, 2.05) is 0 Å². The molecule has 0 aromatic rings. The third-order valence-corrected chi connectivity index (χ3v) is 3.20. The first-order valence-corrected chi connectivity index (χ1v) is 5.03. The highest BCUT2D eigenvalue weighted by molar-refractivity contribution is 6.27. The molecule has 0 N–H and O–H groups in total. The molecule has 12 heavy (non-hydrogen) atoms. The van der Waals surface area contributed by atoms with Crippen LogP contribution in [0.4, 0.5) is 0 Å². The van der Waals surface area contributed by atoms with Crippen molar-refractivity contribution in [3.05, 3.63) is 34.4 Å². The van der Waals surface area contributed by atoms with Gasteiger partial charge in [-0.25, -0.2) is 0 Å². The predicted octanol–water partition coefficient (Wildman–Crippen LogP) is 3.83. The normalized spacial score (nSPS) is 39.8. The predicted molar refractivity (Wildman–Crippen MR) is 53.2 cm³/mol. The van der Waals surface area contributed by atoms with Gasteiger partial charge in [0, 0.05) is 22.9 Å². The lowest BCUT2D eigenvalue weighted by Gasteiger charge is -2.35. The van der Waals surface area contributed by atoms with E-state index >= 15 is 0 Å². The molecule has 1 fully saturated rings.